The third kappa shape index (κ3) is 4.86. The molecule has 3 heterocycles. The van der Waals surface area contributed by atoms with Crippen molar-refractivity contribution in [3.8, 4) is 5.75 Å². The molecule has 2 bridgehead atoms. The summed E-state index contributed by atoms with van der Waals surface area (Å²) in [6.07, 6.45) is 0.773. The lowest BCUT2D eigenvalue weighted by Crippen LogP contribution is -2.47. The summed E-state index contributed by atoms with van der Waals surface area (Å²) in [6.45, 7) is 5.93. The number of rotatable bonds is 9. The molecule has 7 rings (SSSR count). The number of carbonyl (C=O) groups excluding carboxylic acids is 2. The highest BCUT2D eigenvalue weighted by Gasteiger charge is 2.70. The first-order valence-electron chi connectivity index (χ1n) is 15.4. The molecule has 2 N–H and O–H groups in total. The monoisotopic (exact) mass is 663 g/mol. The summed E-state index contributed by atoms with van der Waals surface area (Å²) < 4.78 is 6.33. The van der Waals surface area contributed by atoms with Crippen LogP contribution in [0.3, 0.4) is 0 Å². The highest BCUT2D eigenvalue weighted by Crippen LogP contribution is 2.69. The van der Waals surface area contributed by atoms with Gasteiger partial charge < -0.3 is 14.8 Å². The number of carboxylic acids is 1. The Morgan fingerprint density at radius 2 is 1.80 bits per heavy atom. The third-order valence-corrected chi connectivity index (χ3v) is 12.7. The Bertz CT molecular complexity index is 1820. The van der Waals surface area contributed by atoms with Gasteiger partial charge in [0.05, 0.1) is 21.8 Å². The lowest BCUT2D eigenvalue weighted by molar-refractivity contribution is -0.385. The number of amides is 2. The van der Waals surface area contributed by atoms with E-state index in [0.29, 0.717) is 22.8 Å². The number of likely N-dealkylation sites (tertiary alicyclic amines) is 1. The van der Waals surface area contributed by atoms with Gasteiger partial charge in [-0.3, -0.25) is 29.4 Å². The minimum atomic E-state index is -1.23. The third-order valence-electron chi connectivity index (χ3n) is 10.1. The molecule has 0 radical (unpaired) electrons. The minimum Gasteiger partial charge on any atom is -0.489 e. The summed E-state index contributed by atoms with van der Waals surface area (Å²) in [4.78, 5) is 68.9. The molecule has 2 amide bonds. The second-order valence-electron chi connectivity index (χ2n) is 13.2. The van der Waals surface area contributed by atoms with E-state index >= 15 is 0 Å². The van der Waals surface area contributed by atoms with Crippen LogP contribution in [0.4, 0.5) is 5.69 Å². The number of nitro benzene ring substituents is 1. The number of aliphatic carboxylic acids is 1. The molecule has 7 unspecified atom stereocenters. The normalized spacial score (nSPS) is 28.3. The van der Waals surface area contributed by atoms with Crippen molar-refractivity contribution < 1.29 is 29.2 Å². The van der Waals surface area contributed by atoms with E-state index in [1.807, 2.05) is 45.0 Å². The summed E-state index contributed by atoms with van der Waals surface area (Å²) in [5.74, 6) is -4.18. The molecule has 11 nitrogen and oxygen atoms in total. The first-order valence-corrected chi connectivity index (χ1v) is 17.1. The Morgan fingerprint density at radius 3 is 2.46 bits per heavy atom. The van der Waals surface area contributed by atoms with Crippen molar-refractivity contribution in [2.24, 2.45) is 35.5 Å². The molecule has 1 aromatic heterocycles. The number of nitrogens with one attached hydrogen (secondary N) is 1. The topological polar surface area (TPSA) is 160 Å². The second-order valence-corrected chi connectivity index (χ2v) is 15.4. The van der Waals surface area contributed by atoms with Gasteiger partial charge in [0.15, 0.2) is 0 Å². The number of carboxylic acid groups (broad SMARTS) is 1. The Kier molecular flexibility index (Phi) is 7.58. The summed E-state index contributed by atoms with van der Waals surface area (Å²) in [7, 11) is 0. The summed E-state index contributed by atoms with van der Waals surface area (Å²) in [5.41, 5.74) is 2.47. The fourth-order valence-electron chi connectivity index (χ4n) is 8.33. The quantitative estimate of drug-likeness (QED) is 0.178. The van der Waals surface area contributed by atoms with E-state index in [9.17, 15) is 34.4 Å². The maximum atomic E-state index is 14.0. The summed E-state index contributed by atoms with van der Waals surface area (Å²) in [5, 5.41) is 22.5. The highest BCUT2D eigenvalue weighted by molar-refractivity contribution is 8.00. The number of non-ortho nitro benzene ring substituents is 1. The Balaban J connectivity index is 1.31. The van der Waals surface area contributed by atoms with E-state index in [1.54, 1.807) is 6.07 Å². The van der Waals surface area contributed by atoms with Gasteiger partial charge in [0, 0.05) is 33.7 Å². The molecular weight excluding hydrogens is 631 g/mol. The van der Waals surface area contributed by atoms with Crippen LogP contribution in [0.25, 0.3) is 0 Å². The Hall–Kier alpha value is -3.97. The Labute approximate surface area is 272 Å². The van der Waals surface area contributed by atoms with Gasteiger partial charge >= 0.3 is 10.8 Å². The van der Waals surface area contributed by atoms with E-state index < -0.39 is 46.5 Å². The number of ether oxygens (including phenoxy) is 1. The van der Waals surface area contributed by atoms with Crippen LogP contribution >= 0.6 is 23.1 Å². The largest absolute Gasteiger partial charge is 0.489 e. The zero-order valence-electron chi connectivity index (χ0n) is 25.4. The molecule has 2 aromatic carbocycles. The van der Waals surface area contributed by atoms with Crippen LogP contribution in [0.2, 0.25) is 0 Å². The molecular formula is C33H33N3O8S2. The standard InChI is InChI=1S/C33H33N3O8S2/c1-14(2)10-21(32(39)40)35-30(37)25-19-12-20(26(25)31(35)38)27-24(19)23(28-29(45-27)34-33(41)46-28)18-11-17(36(42)43)8-9-22(18)44-13-16-6-4-15(3)5-7-16/h4-9,11,14,19-21,23-27H,10,12-13H2,1-3H3,(H,34,41)(H,39,40)/t19?,20?,21?,23-,24?,25?,26?,27?/m1/s1. The molecule has 2 aliphatic carbocycles. The number of hydrogen-bond acceptors (Lipinski definition) is 9. The lowest BCUT2D eigenvalue weighted by Gasteiger charge is -2.43. The van der Waals surface area contributed by atoms with Crippen LogP contribution in [-0.2, 0) is 21.0 Å². The van der Waals surface area contributed by atoms with E-state index in [2.05, 4.69) is 4.98 Å². The van der Waals surface area contributed by atoms with E-state index in [1.165, 1.54) is 23.9 Å². The van der Waals surface area contributed by atoms with Crippen LogP contribution in [0, 0.1) is 52.5 Å². The van der Waals surface area contributed by atoms with Gasteiger partial charge in [-0.25, -0.2) is 4.79 Å². The van der Waals surface area contributed by atoms with Crippen molar-refractivity contribution in [3.05, 3.63) is 83.8 Å². The molecule has 1 saturated heterocycles. The number of hydrogen-bond donors (Lipinski definition) is 2. The number of thioether (sulfide) groups is 1. The molecule has 13 heteroatoms. The van der Waals surface area contributed by atoms with Crippen molar-refractivity contribution in [2.45, 2.75) is 62.5 Å². The van der Waals surface area contributed by atoms with E-state index in [-0.39, 0.29) is 52.5 Å². The average Bonchev–Trinajstić information content (AvgIpc) is 3.74. The fourth-order valence-corrected chi connectivity index (χ4v) is 11.2. The van der Waals surface area contributed by atoms with Crippen LogP contribution in [-0.4, -0.2) is 49.0 Å². The van der Waals surface area contributed by atoms with Gasteiger partial charge in [-0.1, -0.05) is 55.0 Å². The first kappa shape index (κ1) is 30.7. The first-order chi connectivity index (χ1) is 21.9. The van der Waals surface area contributed by atoms with Gasteiger partial charge in [-0.2, -0.15) is 0 Å². The molecule has 240 valence electrons. The predicted molar refractivity (Wildman–Crippen MR) is 170 cm³/mol. The van der Waals surface area contributed by atoms with Crippen LogP contribution in [0.5, 0.6) is 5.75 Å². The zero-order chi connectivity index (χ0) is 32.6. The van der Waals surface area contributed by atoms with Crippen molar-refractivity contribution in [1.82, 2.24) is 9.88 Å². The number of aryl methyl sites for hydroxylation is 1. The molecule has 4 aliphatic rings. The van der Waals surface area contributed by atoms with Crippen LogP contribution in [0.1, 0.15) is 54.2 Å². The average molecular weight is 664 g/mol. The van der Waals surface area contributed by atoms with Crippen molar-refractivity contribution in [3.63, 3.8) is 0 Å². The van der Waals surface area contributed by atoms with E-state index in [4.69, 9.17) is 4.74 Å². The summed E-state index contributed by atoms with van der Waals surface area (Å²) >= 11 is 2.55. The van der Waals surface area contributed by atoms with Crippen molar-refractivity contribution in [1.29, 1.82) is 0 Å². The van der Waals surface area contributed by atoms with Gasteiger partial charge in [-0.15, -0.1) is 11.8 Å². The molecule has 2 saturated carbocycles. The summed E-state index contributed by atoms with van der Waals surface area (Å²) in [6, 6.07) is 11.1. The predicted octanol–water partition coefficient (Wildman–Crippen LogP) is 5.20. The second kappa shape index (κ2) is 11.4. The fraction of sp³-hybridized carbons (Fsp3) is 0.455. The number of H-pyrrole nitrogens is 1. The number of thiazole rings is 1. The lowest BCUT2D eigenvalue weighted by atomic mass is 9.68. The number of nitro groups is 1. The van der Waals surface area contributed by atoms with Crippen molar-refractivity contribution >= 4 is 46.6 Å². The van der Waals surface area contributed by atoms with Gasteiger partial charge in [0.1, 0.15) is 18.4 Å². The van der Waals surface area contributed by atoms with Gasteiger partial charge in [0.2, 0.25) is 11.8 Å². The van der Waals surface area contributed by atoms with Crippen LogP contribution in [0.15, 0.2) is 52.3 Å². The number of carbonyl (C=O) groups is 3. The molecule has 46 heavy (non-hydrogen) atoms. The van der Waals surface area contributed by atoms with Gasteiger partial charge in [-0.05, 0) is 55.1 Å². The molecule has 8 atom stereocenters. The zero-order valence-corrected chi connectivity index (χ0v) is 27.0. The highest BCUT2D eigenvalue weighted by atomic mass is 32.2. The van der Waals surface area contributed by atoms with Crippen LogP contribution < -0.4 is 9.61 Å². The molecule has 2 aliphatic heterocycles. The van der Waals surface area contributed by atoms with Gasteiger partial charge in [0.25, 0.3) is 5.69 Å². The number of aromatic nitrogens is 1. The van der Waals surface area contributed by atoms with E-state index in [0.717, 1.165) is 32.2 Å². The van der Waals surface area contributed by atoms with Crippen molar-refractivity contribution in [2.75, 3.05) is 0 Å². The number of benzene rings is 2. The number of imide groups is 1. The molecule has 0 spiro atoms. The maximum Gasteiger partial charge on any atom is 0.326 e. The molecule has 3 aromatic rings. The minimum absolute atomic E-state index is 0.0404. The molecule has 3 fully saturated rings. The Morgan fingerprint density at radius 1 is 1.11 bits per heavy atom. The number of aromatic amines is 1. The smallest absolute Gasteiger partial charge is 0.326 e. The number of nitrogens with zero attached hydrogens (tertiary/aromatic N) is 2. The SMILES string of the molecule is Cc1ccc(COc2ccc([N+](=O)[O-])cc2[C@H]2c3sc(=O)[nH]c3SC3C4CC(C5C(=O)N(C(CC(C)C)C(=O)O)C(=O)C45)C32)cc1. The maximum absolute atomic E-state index is 14.0. The number of fused-ring (bicyclic) bond motifs is 9.